The molecule has 0 unspecified atom stereocenters. The Morgan fingerprint density at radius 3 is 2.88 bits per heavy atom. The highest BCUT2D eigenvalue weighted by atomic mass is 15.4. The van der Waals surface area contributed by atoms with Gasteiger partial charge in [-0.05, 0) is 24.6 Å². The van der Waals surface area contributed by atoms with Gasteiger partial charge in [0.1, 0.15) is 12.7 Å². The summed E-state index contributed by atoms with van der Waals surface area (Å²) in [7, 11) is 0. The Kier molecular flexibility index (Phi) is 1.67. The summed E-state index contributed by atoms with van der Waals surface area (Å²) in [6, 6.07) is 3.88. The summed E-state index contributed by atoms with van der Waals surface area (Å²) >= 11 is 0. The molecule has 0 atom stereocenters. The zero-order chi connectivity index (χ0) is 11.1. The van der Waals surface area contributed by atoms with E-state index in [1.165, 1.54) is 6.33 Å². The van der Waals surface area contributed by atoms with Crippen molar-refractivity contribution in [1.29, 1.82) is 0 Å². The second-order valence-electron chi connectivity index (χ2n) is 3.47. The van der Waals surface area contributed by atoms with E-state index in [0.29, 0.717) is 0 Å². The van der Waals surface area contributed by atoms with E-state index in [9.17, 15) is 0 Å². The van der Waals surface area contributed by atoms with Gasteiger partial charge in [0, 0.05) is 0 Å². The maximum Gasteiger partial charge on any atom is 0.239 e. The Morgan fingerprint density at radius 2 is 2.12 bits per heavy atom. The van der Waals surface area contributed by atoms with Crippen molar-refractivity contribution in [2.75, 3.05) is 5.73 Å². The Morgan fingerprint density at radius 1 is 1.25 bits per heavy atom. The van der Waals surface area contributed by atoms with Crippen molar-refractivity contribution < 1.29 is 0 Å². The van der Waals surface area contributed by atoms with E-state index in [1.807, 2.05) is 19.1 Å². The van der Waals surface area contributed by atoms with Gasteiger partial charge in [-0.3, -0.25) is 0 Å². The molecule has 0 bridgehead atoms. The highest BCUT2D eigenvalue weighted by molar-refractivity contribution is 5.46. The van der Waals surface area contributed by atoms with Gasteiger partial charge in [0.2, 0.25) is 5.95 Å². The highest BCUT2D eigenvalue weighted by Gasteiger charge is 2.07. The Hall–Kier alpha value is -2.44. The summed E-state index contributed by atoms with van der Waals surface area (Å²) in [5.74, 6) is 0.992. The largest absolute Gasteiger partial charge is 0.366 e. The number of anilines is 1. The maximum absolute atomic E-state index is 5.49. The summed E-state index contributed by atoms with van der Waals surface area (Å²) in [4.78, 5) is 8.01. The topological polar surface area (TPSA) is 86.9 Å². The number of nitrogens with two attached hydrogens (primary N) is 1. The number of hydrogen-bond acceptors (Lipinski definition) is 5. The average molecular weight is 215 g/mol. The first-order valence-corrected chi connectivity index (χ1v) is 4.72. The minimum atomic E-state index is 0.231. The lowest BCUT2D eigenvalue weighted by atomic mass is 10.3. The zero-order valence-electron chi connectivity index (χ0n) is 8.57. The number of fused-ring (bicyclic) bond motifs is 1. The van der Waals surface area contributed by atoms with E-state index >= 15 is 0 Å². The van der Waals surface area contributed by atoms with Crippen LogP contribution in [-0.2, 0) is 0 Å². The SMILES string of the molecule is Cc1cc(-n2cnc(N)n2)n2ncnc2c1. The third kappa shape index (κ3) is 1.22. The first-order valence-electron chi connectivity index (χ1n) is 4.72. The third-order valence-corrected chi connectivity index (χ3v) is 2.25. The summed E-state index contributed by atoms with van der Waals surface area (Å²) in [5, 5.41) is 8.17. The van der Waals surface area contributed by atoms with Gasteiger partial charge in [-0.15, -0.1) is 5.10 Å². The van der Waals surface area contributed by atoms with Gasteiger partial charge in [-0.1, -0.05) is 0 Å². The summed E-state index contributed by atoms with van der Waals surface area (Å²) in [5.41, 5.74) is 7.33. The lowest BCUT2D eigenvalue weighted by Gasteiger charge is -2.04. The van der Waals surface area contributed by atoms with Gasteiger partial charge in [-0.2, -0.15) is 9.61 Å². The fraction of sp³-hybridized carbons (Fsp3) is 0.111. The van der Waals surface area contributed by atoms with Crippen molar-refractivity contribution in [3.8, 4) is 5.82 Å². The first-order chi connectivity index (χ1) is 7.74. The van der Waals surface area contributed by atoms with Crippen LogP contribution in [0.1, 0.15) is 5.56 Å². The summed E-state index contributed by atoms with van der Waals surface area (Å²) in [6.07, 6.45) is 3.05. The molecular weight excluding hydrogens is 206 g/mol. The number of pyridine rings is 1. The van der Waals surface area contributed by atoms with Crippen LogP contribution in [0.4, 0.5) is 5.95 Å². The third-order valence-electron chi connectivity index (χ3n) is 2.25. The van der Waals surface area contributed by atoms with Gasteiger partial charge in [0.15, 0.2) is 11.5 Å². The number of rotatable bonds is 1. The monoisotopic (exact) mass is 215 g/mol. The molecule has 7 nitrogen and oxygen atoms in total. The predicted octanol–water partition coefficient (Wildman–Crippen LogP) is 0.201. The Labute approximate surface area is 90.5 Å². The molecule has 7 heteroatoms. The predicted molar refractivity (Wildman–Crippen MR) is 57.1 cm³/mol. The van der Waals surface area contributed by atoms with Crippen molar-refractivity contribution in [1.82, 2.24) is 29.4 Å². The smallest absolute Gasteiger partial charge is 0.239 e. The molecule has 0 aliphatic heterocycles. The number of nitrogens with zero attached hydrogens (tertiary/aromatic N) is 6. The Balaban J connectivity index is 2.33. The van der Waals surface area contributed by atoms with Crippen LogP contribution in [0.25, 0.3) is 11.5 Å². The lowest BCUT2D eigenvalue weighted by Crippen LogP contribution is -2.05. The second-order valence-corrected chi connectivity index (χ2v) is 3.47. The van der Waals surface area contributed by atoms with Crippen molar-refractivity contribution in [3.05, 3.63) is 30.4 Å². The van der Waals surface area contributed by atoms with E-state index in [4.69, 9.17) is 5.73 Å². The summed E-state index contributed by atoms with van der Waals surface area (Å²) in [6.45, 7) is 1.98. The van der Waals surface area contributed by atoms with E-state index in [0.717, 1.165) is 17.0 Å². The van der Waals surface area contributed by atoms with Gasteiger partial charge < -0.3 is 5.73 Å². The molecule has 0 radical (unpaired) electrons. The van der Waals surface area contributed by atoms with Gasteiger partial charge >= 0.3 is 0 Å². The molecule has 0 aliphatic rings. The molecule has 2 N–H and O–H groups in total. The average Bonchev–Trinajstić information content (AvgIpc) is 2.84. The van der Waals surface area contributed by atoms with Crippen molar-refractivity contribution in [3.63, 3.8) is 0 Å². The minimum Gasteiger partial charge on any atom is -0.366 e. The molecule has 0 saturated carbocycles. The molecule has 0 spiro atoms. The first kappa shape index (κ1) is 8.84. The normalized spacial score (nSPS) is 11.1. The lowest BCUT2D eigenvalue weighted by molar-refractivity contribution is 0.788. The molecule has 16 heavy (non-hydrogen) atoms. The molecule has 0 aromatic carbocycles. The maximum atomic E-state index is 5.49. The molecule has 3 aromatic rings. The second kappa shape index (κ2) is 3.02. The molecule has 80 valence electrons. The molecule has 0 saturated heterocycles. The minimum absolute atomic E-state index is 0.231. The standard InChI is InChI=1S/C9H9N7/c1-6-2-7-11-4-13-16(7)8(3-6)15-5-12-9(10)14-15/h2-5H,1H3,(H2,10,14). The Bertz CT molecular complexity index is 651. The van der Waals surface area contributed by atoms with Gasteiger partial charge in [-0.25, -0.2) is 14.6 Å². The van der Waals surface area contributed by atoms with Crippen LogP contribution in [0.2, 0.25) is 0 Å². The molecule has 0 aliphatic carbocycles. The number of hydrogen-bond donors (Lipinski definition) is 1. The highest BCUT2D eigenvalue weighted by Crippen LogP contribution is 2.12. The molecule has 0 amide bonds. The van der Waals surface area contributed by atoms with Crippen LogP contribution >= 0.6 is 0 Å². The number of aryl methyl sites for hydroxylation is 1. The van der Waals surface area contributed by atoms with E-state index < -0.39 is 0 Å². The fourth-order valence-corrected chi connectivity index (χ4v) is 1.58. The van der Waals surface area contributed by atoms with Gasteiger partial charge in [0.25, 0.3) is 0 Å². The molecular formula is C9H9N7. The van der Waals surface area contributed by atoms with Crippen LogP contribution in [0.5, 0.6) is 0 Å². The molecule has 3 rings (SSSR count). The van der Waals surface area contributed by atoms with Crippen LogP contribution in [0.15, 0.2) is 24.8 Å². The van der Waals surface area contributed by atoms with Crippen molar-refractivity contribution >= 4 is 11.6 Å². The van der Waals surface area contributed by atoms with Gasteiger partial charge in [0.05, 0.1) is 0 Å². The molecule has 0 fully saturated rings. The van der Waals surface area contributed by atoms with Crippen molar-refractivity contribution in [2.24, 2.45) is 0 Å². The van der Waals surface area contributed by atoms with Crippen LogP contribution in [0.3, 0.4) is 0 Å². The van der Waals surface area contributed by atoms with E-state index in [2.05, 4.69) is 20.2 Å². The summed E-state index contributed by atoms with van der Waals surface area (Å²) < 4.78 is 3.26. The van der Waals surface area contributed by atoms with Crippen LogP contribution in [-0.4, -0.2) is 29.4 Å². The fourth-order valence-electron chi connectivity index (χ4n) is 1.58. The quantitative estimate of drug-likeness (QED) is 0.626. The molecule has 3 aromatic heterocycles. The van der Waals surface area contributed by atoms with E-state index in [1.54, 1.807) is 15.5 Å². The zero-order valence-corrected chi connectivity index (χ0v) is 8.57. The number of nitrogen functional groups attached to an aromatic ring is 1. The molecule has 3 heterocycles. The number of aromatic nitrogens is 6. The van der Waals surface area contributed by atoms with Crippen LogP contribution in [0, 0.1) is 6.92 Å². The van der Waals surface area contributed by atoms with Crippen LogP contribution < -0.4 is 5.73 Å². The van der Waals surface area contributed by atoms with Crippen molar-refractivity contribution in [2.45, 2.75) is 6.92 Å². The van der Waals surface area contributed by atoms with E-state index in [-0.39, 0.29) is 5.95 Å².